The van der Waals surface area contributed by atoms with Crippen LogP contribution >= 0.6 is 0 Å². The Morgan fingerprint density at radius 2 is 2.00 bits per heavy atom. The van der Waals surface area contributed by atoms with Gasteiger partial charge in [0.1, 0.15) is 6.33 Å². The van der Waals surface area contributed by atoms with Gasteiger partial charge in [0.2, 0.25) is 0 Å². The molecule has 2 atom stereocenters. The summed E-state index contributed by atoms with van der Waals surface area (Å²) in [5.41, 5.74) is 6.36. The van der Waals surface area contributed by atoms with Crippen LogP contribution in [0, 0.1) is 0 Å². The summed E-state index contributed by atoms with van der Waals surface area (Å²) in [5, 5.41) is 9.09. The predicted molar refractivity (Wildman–Crippen MR) is 40.6 cm³/mol. The van der Waals surface area contributed by atoms with Crippen molar-refractivity contribution in [1.82, 2.24) is 9.97 Å². The minimum absolute atomic E-state index is 0.392. The molecule has 60 valence electrons. The molecule has 0 bridgehead atoms. The highest BCUT2D eigenvalue weighted by Gasteiger charge is 2.11. The smallest absolute Gasteiger partial charge is 0.115 e. The van der Waals surface area contributed by atoms with Gasteiger partial charge in [-0.15, -0.1) is 0 Å². The lowest BCUT2D eigenvalue weighted by atomic mass is 10.1. The molecule has 0 fully saturated rings. The van der Waals surface area contributed by atoms with Gasteiger partial charge in [0, 0.05) is 18.0 Å². The molecule has 0 aliphatic carbocycles. The number of hydrogen-bond donors (Lipinski definition) is 2. The second kappa shape index (κ2) is 3.41. The van der Waals surface area contributed by atoms with E-state index in [1.165, 1.54) is 6.33 Å². The Balaban J connectivity index is 2.77. The zero-order chi connectivity index (χ0) is 8.27. The third-order valence-corrected chi connectivity index (χ3v) is 1.49. The molecule has 0 saturated heterocycles. The van der Waals surface area contributed by atoms with Crippen molar-refractivity contribution >= 4 is 0 Å². The number of rotatable bonds is 2. The van der Waals surface area contributed by atoms with Gasteiger partial charge in [-0.05, 0) is 6.92 Å². The normalized spacial score (nSPS) is 15.9. The molecule has 0 radical (unpaired) electrons. The van der Waals surface area contributed by atoms with E-state index in [-0.39, 0.29) is 0 Å². The van der Waals surface area contributed by atoms with Crippen LogP contribution in [0.5, 0.6) is 0 Å². The standard InChI is InChI=1S/C7H11N3O/c1-5(11)7(8)6-2-9-4-10-3-6/h2-5,7,11H,8H2,1H3. The molecule has 2 unspecified atom stereocenters. The number of aromatic nitrogens is 2. The summed E-state index contributed by atoms with van der Waals surface area (Å²) in [7, 11) is 0. The molecule has 11 heavy (non-hydrogen) atoms. The van der Waals surface area contributed by atoms with Crippen molar-refractivity contribution in [1.29, 1.82) is 0 Å². The fourth-order valence-corrected chi connectivity index (χ4v) is 0.761. The van der Waals surface area contributed by atoms with E-state index in [4.69, 9.17) is 10.8 Å². The Kier molecular flexibility index (Phi) is 2.51. The van der Waals surface area contributed by atoms with E-state index >= 15 is 0 Å². The van der Waals surface area contributed by atoms with Gasteiger partial charge in [-0.2, -0.15) is 0 Å². The monoisotopic (exact) mass is 153 g/mol. The molecule has 1 aromatic heterocycles. The Labute approximate surface area is 65.1 Å². The Morgan fingerprint density at radius 1 is 1.45 bits per heavy atom. The predicted octanol–water partition coefficient (Wildman–Crippen LogP) is -0.143. The summed E-state index contributed by atoms with van der Waals surface area (Å²) in [6, 6.07) is -0.392. The molecule has 4 nitrogen and oxygen atoms in total. The Bertz CT molecular complexity index is 212. The van der Waals surface area contributed by atoms with Crippen LogP contribution in [0.4, 0.5) is 0 Å². The molecule has 0 saturated carbocycles. The van der Waals surface area contributed by atoms with Gasteiger partial charge in [0.15, 0.2) is 0 Å². The molecule has 3 N–H and O–H groups in total. The zero-order valence-electron chi connectivity index (χ0n) is 6.31. The first kappa shape index (κ1) is 8.10. The summed E-state index contributed by atoms with van der Waals surface area (Å²) in [6.45, 7) is 1.64. The lowest BCUT2D eigenvalue weighted by Crippen LogP contribution is -2.23. The van der Waals surface area contributed by atoms with E-state index in [0.29, 0.717) is 0 Å². The summed E-state index contributed by atoms with van der Waals surface area (Å²) in [5.74, 6) is 0. The minimum atomic E-state index is -0.569. The first-order chi connectivity index (χ1) is 5.22. The highest BCUT2D eigenvalue weighted by molar-refractivity contribution is 5.09. The third kappa shape index (κ3) is 1.96. The second-order valence-corrected chi connectivity index (χ2v) is 2.44. The molecule has 0 aliphatic rings. The van der Waals surface area contributed by atoms with Gasteiger partial charge in [-0.25, -0.2) is 9.97 Å². The van der Waals surface area contributed by atoms with Gasteiger partial charge in [0.05, 0.1) is 12.1 Å². The van der Waals surface area contributed by atoms with E-state index in [2.05, 4.69) is 9.97 Å². The number of aliphatic hydroxyl groups is 1. The quantitative estimate of drug-likeness (QED) is 0.620. The number of nitrogens with two attached hydrogens (primary N) is 1. The summed E-state index contributed by atoms with van der Waals surface area (Å²) >= 11 is 0. The Morgan fingerprint density at radius 3 is 2.45 bits per heavy atom. The van der Waals surface area contributed by atoms with Crippen molar-refractivity contribution < 1.29 is 5.11 Å². The van der Waals surface area contributed by atoms with Crippen LogP contribution in [0.2, 0.25) is 0 Å². The third-order valence-electron chi connectivity index (χ3n) is 1.49. The molecular formula is C7H11N3O. The number of nitrogens with zero attached hydrogens (tertiary/aromatic N) is 2. The molecule has 0 aromatic carbocycles. The average molecular weight is 153 g/mol. The van der Waals surface area contributed by atoms with Gasteiger partial charge in [0.25, 0.3) is 0 Å². The van der Waals surface area contributed by atoms with Crippen LogP contribution in [0.1, 0.15) is 18.5 Å². The first-order valence-electron chi connectivity index (χ1n) is 3.40. The van der Waals surface area contributed by atoms with Gasteiger partial charge < -0.3 is 10.8 Å². The van der Waals surface area contributed by atoms with Crippen molar-refractivity contribution in [3.05, 3.63) is 24.3 Å². The maximum absolute atomic E-state index is 9.09. The molecule has 0 aliphatic heterocycles. The van der Waals surface area contributed by atoms with Crippen LogP contribution < -0.4 is 5.73 Å². The van der Waals surface area contributed by atoms with Gasteiger partial charge in [-0.3, -0.25) is 0 Å². The summed E-state index contributed by atoms with van der Waals surface area (Å²) in [4.78, 5) is 7.57. The average Bonchev–Trinajstić information content (AvgIpc) is 2.05. The highest BCUT2D eigenvalue weighted by Crippen LogP contribution is 2.10. The highest BCUT2D eigenvalue weighted by atomic mass is 16.3. The largest absolute Gasteiger partial charge is 0.391 e. The SMILES string of the molecule is CC(O)C(N)c1cncnc1. The van der Waals surface area contributed by atoms with Crippen molar-refractivity contribution in [3.63, 3.8) is 0 Å². The van der Waals surface area contributed by atoms with Crippen LogP contribution in [-0.4, -0.2) is 21.2 Å². The first-order valence-corrected chi connectivity index (χ1v) is 3.40. The van der Waals surface area contributed by atoms with E-state index in [9.17, 15) is 0 Å². The number of aliphatic hydroxyl groups excluding tert-OH is 1. The van der Waals surface area contributed by atoms with Crippen LogP contribution in [0.15, 0.2) is 18.7 Å². The molecule has 1 aromatic rings. The van der Waals surface area contributed by atoms with E-state index in [1.54, 1.807) is 19.3 Å². The van der Waals surface area contributed by atoms with Crippen LogP contribution in [-0.2, 0) is 0 Å². The van der Waals surface area contributed by atoms with Crippen molar-refractivity contribution in [2.24, 2.45) is 5.73 Å². The molecule has 0 spiro atoms. The van der Waals surface area contributed by atoms with Crippen molar-refractivity contribution in [3.8, 4) is 0 Å². The maximum atomic E-state index is 9.09. The van der Waals surface area contributed by atoms with Crippen molar-refractivity contribution in [2.75, 3.05) is 0 Å². The maximum Gasteiger partial charge on any atom is 0.115 e. The van der Waals surface area contributed by atoms with Crippen LogP contribution in [0.25, 0.3) is 0 Å². The summed E-state index contributed by atoms with van der Waals surface area (Å²) in [6.07, 6.45) is 4.06. The Hall–Kier alpha value is -1.00. The van der Waals surface area contributed by atoms with E-state index in [0.717, 1.165) is 5.56 Å². The second-order valence-electron chi connectivity index (χ2n) is 2.44. The molecule has 1 rings (SSSR count). The van der Waals surface area contributed by atoms with Crippen molar-refractivity contribution in [2.45, 2.75) is 19.1 Å². The minimum Gasteiger partial charge on any atom is -0.391 e. The fraction of sp³-hybridized carbons (Fsp3) is 0.429. The molecule has 0 amide bonds. The van der Waals surface area contributed by atoms with E-state index in [1.807, 2.05) is 0 Å². The topological polar surface area (TPSA) is 72.0 Å². The summed E-state index contributed by atoms with van der Waals surface area (Å²) < 4.78 is 0. The molecular weight excluding hydrogens is 142 g/mol. The van der Waals surface area contributed by atoms with Gasteiger partial charge in [-0.1, -0.05) is 0 Å². The number of hydrogen-bond acceptors (Lipinski definition) is 4. The fourth-order valence-electron chi connectivity index (χ4n) is 0.761. The molecule has 4 heteroatoms. The van der Waals surface area contributed by atoms with Gasteiger partial charge >= 0.3 is 0 Å². The molecule has 1 heterocycles. The lowest BCUT2D eigenvalue weighted by molar-refractivity contribution is 0.164. The zero-order valence-corrected chi connectivity index (χ0v) is 6.31. The lowest BCUT2D eigenvalue weighted by Gasteiger charge is -2.13. The van der Waals surface area contributed by atoms with E-state index < -0.39 is 12.1 Å². The van der Waals surface area contributed by atoms with Crippen LogP contribution in [0.3, 0.4) is 0 Å².